The van der Waals surface area contributed by atoms with Crippen molar-refractivity contribution < 1.29 is 19.8 Å². The molecule has 2 atom stereocenters. The van der Waals surface area contributed by atoms with E-state index in [4.69, 9.17) is 5.11 Å². The van der Waals surface area contributed by atoms with Crippen molar-refractivity contribution >= 4 is 12.0 Å². The smallest absolute Gasteiger partial charge is 0.326 e. The number of hydrogen-bond donors (Lipinski definition) is 2. The summed E-state index contributed by atoms with van der Waals surface area (Å²) in [6, 6.07) is -1.39. The minimum absolute atomic E-state index is 0.0422. The largest absolute Gasteiger partial charge is 0.480 e. The van der Waals surface area contributed by atoms with Gasteiger partial charge < -0.3 is 20.0 Å². The third-order valence-corrected chi connectivity index (χ3v) is 2.78. The van der Waals surface area contributed by atoms with Crippen LogP contribution in [0.4, 0.5) is 4.79 Å². The van der Waals surface area contributed by atoms with Gasteiger partial charge in [-0.1, -0.05) is 12.2 Å². The number of rotatable bonds is 5. The molecule has 0 spiro atoms. The van der Waals surface area contributed by atoms with Gasteiger partial charge in [0.05, 0.1) is 6.10 Å². The van der Waals surface area contributed by atoms with Crippen LogP contribution in [-0.4, -0.2) is 63.8 Å². The lowest BCUT2D eigenvalue weighted by Crippen LogP contribution is -2.48. The highest BCUT2D eigenvalue weighted by molar-refractivity contribution is 5.83. The minimum atomic E-state index is -1.10. The van der Waals surface area contributed by atoms with Gasteiger partial charge in [-0.2, -0.15) is 0 Å². The second kappa shape index (κ2) is 6.20. The van der Waals surface area contributed by atoms with Crippen LogP contribution in [0, 0.1) is 0 Å². The Bertz CT molecular complexity index is 346. The van der Waals surface area contributed by atoms with E-state index in [9.17, 15) is 14.7 Å². The number of aliphatic carboxylic acids is 1. The average molecular weight is 254 g/mol. The number of carboxylic acid groups (broad SMARTS) is 1. The molecule has 1 heterocycles. The summed E-state index contributed by atoms with van der Waals surface area (Å²) in [5, 5.41) is 18.5. The molecule has 0 unspecified atom stereocenters. The molecule has 0 aromatic heterocycles. The fraction of sp³-hybridized carbons (Fsp3) is 0.500. The van der Waals surface area contributed by atoms with E-state index < -0.39 is 24.1 Å². The zero-order chi connectivity index (χ0) is 13.7. The van der Waals surface area contributed by atoms with Crippen molar-refractivity contribution in [1.29, 1.82) is 0 Å². The van der Waals surface area contributed by atoms with E-state index in [0.29, 0.717) is 13.1 Å². The zero-order valence-corrected chi connectivity index (χ0v) is 10.2. The standard InChI is InChI=1S/C12H18N2O4/c1-3-5-13(6-4-2)12(18)14-8-9(15)7-10(14)11(16)17/h3-4,9-10,15H,1-2,5-8H2,(H,16,17)/t9-,10-/m0/s1. The molecule has 2 N–H and O–H groups in total. The lowest BCUT2D eigenvalue weighted by Gasteiger charge is -2.28. The van der Waals surface area contributed by atoms with Gasteiger partial charge in [0.1, 0.15) is 6.04 Å². The Labute approximate surface area is 106 Å². The molecule has 0 aromatic rings. The van der Waals surface area contributed by atoms with Crippen LogP contribution >= 0.6 is 0 Å². The van der Waals surface area contributed by atoms with Crippen LogP contribution in [0.15, 0.2) is 25.3 Å². The number of likely N-dealkylation sites (tertiary alicyclic amines) is 1. The first kappa shape index (κ1) is 14.2. The zero-order valence-electron chi connectivity index (χ0n) is 10.2. The van der Waals surface area contributed by atoms with Crippen LogP contribution in [0.1, 0.15) is 6.42 Å². The first-order valence-corrected chi connectivity index (χ1v) is 5.69. The molecule has 1 saturated heterocycles. The minimum Gasteiger partial charge on any atom is -0.480 e. The molecular weight excluding hydrogens is 236 g/mol. The summed E-state index contributed by atoms with van der Waals surface area (Å²) in [5.74, 6) is -1.10. The number of nitrogens with zero attached hydrogens (tertiary/aromatic N) is 2. The van der Waals surface area contributed by atoms with E-state index in [1.54, 1.807) is 12.2 Å². The molecule has 1 rings (SSSR count). The molecule has 100 valence electrons. The molecule has 1 aliphatic rings. The topological polar surface area (TPSA) is 81.1 Å². The summed E-state index contributed by atoms with van der Waals surface area (Å²) in [7, 11) is 0. The van der Waals surface area contributed by atoms with Gasteiger partial charge in [0.2, 0.25) is 0 Å². The van der Waals surface area contributed by atoms with Crippen LogP contribution in [0.5, 0.6) is 0 Å². The third kappa shape index (κ3) is 3.10. The molecule has 2 amide bonds. The molecule has 6 nitrogen and oxygen atoms in total. The number of amides is 2. The number of carbonyl (C=O) groups excluding carboxylic acids is 1. The van der Waals surface area contributed by atoms with E-state index in [2.05, 4.69) is 13.2 Å². The van der Waals surface area contributed by atoms with Crippen molar-refractivity contribution in [2.75, 3.05) is 19.6 Å². The van der Waals surface area contributed by atoms with Crippen LogP contribution in [0.25, 0.3) is 0 Å². The van der Waals surface area contributed by atoms with E-state index in [-0.39, 0.29) is 13.0 Å². The van der Waals surface area contributed by atoms with Crippen molar-refractivity contribution in [2.24, 2.45) is 0 Å². The molecular formula is C12H18N2O4. The van der Waals surface area contributed by atoms with Crippen molar-refractivity contribution in [3.05, 3.63) is 25.3 Å². The maximum Gasteiger partial charge on any atom is 0.326 e. The van der Waals surface area contributed by atoms with Gasteiger partial charge in [0, 0.05) is 26.1 Å². The molecule has 0 bridgehead atoms. The second-order valence-electron chi connectivity index (χ2n) is 4.16. The van der Waals surface area contributed by atoms with E-state index in [1.165, 1.54) is 9.80 Å². The summed E-state index contributed by atoms with van der Waals surface area (Å²) in [4.78, 5) is 25.8. The Balaban J connectivity index is 2.82. The van der Waals surface area contributed by atoms with Crippen molar-refractivity contribution in [2.45, 2.75) is 18.6 Å². The first-order valence-electron chi connectivity index (χ1n) is 5.69. The Hall–Kier alpha value is -1.82. The normalized spacial score (nSPS) is 22.6. The highest BCUT2D eigenvalue weighted by Gasteiger charge is 2.40. The lowest BCUT2D eigenvalue weighted by atomic mass is 10.2. The SMILES string of the molecule is C=CCN(CC=C)C(=O)N1C[C@@H](O)C[C@H]1C(=O)O. The molecule has 0 radical (unpaired) electrons. The van der Waals surface area contributed by atoms with Gasteiger partial charge >= 0.3 is 12.0 Å². The van der Waals surface area contributed by atoms with Gasteiger partial charge in [0.25, 0.3) is 0 Å². The van der Waals surface area contributed by atoms with Crippen LogP contribution in [0.3, 0.4) is 0 Å². The number of carbonyl (C=O) groups is 2. The predicted octanol–water partition coefficient (Wildman–Crippen LogP) is 0.300. The number of β-amino-alcohol motifs (C(OH)–C–C–N with tert-alkyl or cyclic N) is 1. The molecule has 1 fully saturated rings. The number of aliphatic hydroxyl groups excluding tert-OH is 1. The van der Waals surface area contributed by atoms with E-state index >= 15 is 0 Å². The maximum absolute atomic E-state index is 12.2. The molecule has 18 heavy (non-hydrogen) atoms. The van der Waals surface area contributed by atoms with Crippen LogP contribution in [0.2, 0.25) is 0 Å². The molecule has 0 aliphatic carbocycles. The Morgan fingerprint density at radius 1 is 1.33 bits per heavy atom. The lowest BCUT2D eigenvalue weighted by molar-refractivity contribution is -0.141. The van der Waals surface area contributed by atoms with Gasteiger partial charge in [-0.3, -0.25) is 0 Å². The summed E-state index contributed by atoms with van der Waals surface area (Å²) >= 11 is 0. The van der Waals surface area contributed by atoms with E-state index in [1.807, 2.05) is 0 Å². The van der Waals surface area contributed by atoms with Crippen molar-refractivity contribution in [3.8, 4) is 0 Å². The highest BCUT2D eigenvalue weighted by atomic mass is 16.4. The average Bonchev–Trinajstić information content (AvgIpc) is 2.70. The second-order valence-corrected chi connectivity index (χ2v) is 4.16. The summed E-state index contributed by atoms with van der Waals surface area (Å²) < 4.78 is 0. The van der Waals surface area contributed by atoms with Crippen molar-refractivity contribution in [1.82, 2.24) is 9.80 Å². The van der Waals surface area contributed by atoms with Gasteiger partial charge in [-0.15, -0.1) is 13.2 Å². The quantitative estimate of drug-likeness (QED) is 0.691. The fourth-order valence-electron chi connectivity index (χ4n) is 1.98. The van der Waals surface area contributed by atoms with Gasteiger partial charge in [0.15, 0.2) is 0 Å². The first-order chi connectivity index (χ1) is 8.51. The molecule has 6 heteroatoms. The Morgan fingerprint density at radius 2 is 1.89 bits per heavy atom. The predicted molar refractivity (Wildman–Crippen MR) is 66.1 cm³/mol. The number of carboxylic acids is 1. The monoisotopic (exact) mass is 254 g/mol. The molecule has 0 saturated carbocycles. The van der Waals surface area contributed by atoms with Gasteiger partial charge in [-0.25, -0.2) is 9.59 Å². The number of urea groups is 1. The maximum atomic E-state index is 12.2. The van der Waals surface area contributed by atoms with Crippen molar-refractivity contribution in [3.63, 3.8) is 0 Å². The van der Waals surface area contributed by atoms with Crippen LogP contribution < -0.4 is 0 Å². The number of hydrogen-bond acceptors (Lipinski definition) is 3. The summed E-state index contributed by atoms with van der Waals surface area (Å²) in [6.07, 6.45) is 2.40. The van der Waals surface area contributed by atoms with Gasteiger partial charge in [-0.05, 0) is 0 Å². The Morgan fingerprint density at radius 3 is 2.33 bits per heavy atom. The summed E-state index contributed by atoms with van der Waals surface area (Å²) in [5.41, 5.74) is 0. The fourth-order valence-corrected chi connectivity index (χ4v) is 1.98. The highest BCUT2D eigenvalue weighted by Crippen LogP contribution is 2.20. The van der Waals surface area contributed by atoms with Crippen LogP contribution in [-0.2, 0) is 4.79 Å². The molecule has 1 aliphatic heterocycles. The Kier molecular flexibility index (Phi) is 4.91. The number of aliphatic hydroxyl groups is 1. The molecule has 0 aromatic carbocycles. The third-order valence-electron chi connectivity index (χ3n) is 2.78. The van der Waals surface area contributed by atoms with E-state index in [0.717, 1.165) is 0 Å². The summed E-state index contributed by atoms with van der Waals surface area (Å²) in [6.45, 7) is 7.76.